The predicted molar refractivity (Wildman–Crippen MR) is 60.0 cm³/mol. The smallest absolute Gasteiger partial charge is 0.223 e. The van der Waals surface area contributed by atoms with Crippen LogP contribution in [-0.2, 0) is 4.79 Å². The molecule has 3 heteroatoms. The van der Waals surface area contributed by atoms with Crippen LogP contribution >= 0.6 is 0 Å². The molecule has 0 spiro atoms. The van der Waals surface area contributed by atoms with Crippen LogP contribution in [-0.4, -0.2) is 30.4 Å². The zero-order valence-corrected chi connectivity index (χ0v) is 9.92. The zero-order valence-electron chi connectivity index (χ0n) is 9.92. The molecule has 0 aromatic rings. The molecule has 1 atom stereocenters. The van der Waals surface area contributed by atoms with Crippen LogP contribution in [0.25, 0.3) is 0 Å². The largest absolute Gasteiger partial charge is 0.346 e. The van der Waals surface area contributed by atoms with Gasteiger partial charge >= 0.3 is 0 Å². The maximum absolute atomic E-state index is 11.5. The van der Waals surface area contributed by atoms with Crippen LogP contribution in [0.4, 0.5) is 0 Å². The van der Waals surface area contributed by atoms with Crippen molar-refractivity contribution in [2.45, 2.75) is 46.1 Å². The maximum atomic E-state index is 11.5. The second-order valence-electron chi connectivity index (χ2n) is 4.53. The Kier molecular flexibility index (Phi) is 6.54. The van der Waals surface area contributed by atoms with Gasteiger partial charge in [-0.3, -0.25) is 4.79 Å². The minimum Gasteiger partial charge on any atom is -0.346 e. The van der Waals surface area contributed by atoms with Crippen LogP contribution in [0.5, 0.6) is 0 Å². The number of hydrogen-bond acceptors (Lipinski definition) is 2. The van der Waals surface area contributed by atoms with Gasteiger partial charge in [0.05, 0.1) is 0 Å². The first-order valence-electron chi connectivity index (χ1n) is 5.43. The summed E-state index contributed by atoms with van der Waals surface area (Å²) in [6, 6.07) is -0.0324. The summed E-state index contributed by atoms with van der Waals surface area (Å²) in [6.07, 6.45) is 2.72. The van der Waals surface area contributed by atoms with Gasteiger partial charge in [0.2, 0.25) is 5.91 Å². The van der Waals surface area contributed by atoms with E-state index in [1.54, 1.807) is 4.90 Å². The van der Waals surface area contributed by atoms with Gasteiger partial charge in [-0.1, -0.05) is 13.8 Å². The number of rotatable bonds is 6. The summed E-state index contributed by atoms with van der Waals surface area (Å²) >= 11 is 0. The molecule has 84 valence electrons. The molecule has 0 fully saturated rings. The van der Waals surface area contributed by atoms with Gasteiger partial charge in [0.15, 0.2) is 0 Å². The van der Waals surface area contributed by atoms with Gasteiger partial charge < -0.3 is 10.6 Å². The van der Waals surface area contributed by atoms with E-state index in [0.29, 0.717) is 12.3 Å². The molecule has 0 saturated heterocycles. The summed E-state index contributed by atoms with van der Waals surface area (Å²) in [5.41, 5.74) is 5.56. The van der Waals surface area contributed by atoms with Crippen molar-refractivity contribution >= 4 is 5.91 Å². The van der Waals surface area contributed by atoms with Crippen molar-refractivity contribution in [1.29, 1.82) is 0 Å². The lowest BCUT2D eigenvalue weighted by Gasteiger charge is -2.18. The van der Waals surface area contributed by atoms with Gasteiger partial charge in [-0.15, -0.1) is 0 Å². The normalized spacial score (nSPS) is 13.0. The quantitative estimate of drug-likeness (QED) is 0.708. The average molecular weight is 200 g/mol. The SMILES string of the molecule is CC(C)CCCN(C)C(=O)CC(C)N. The fourth-order valence-corrected chi connectivity index (χ4v) is 1.29. The van der Waals surface area contributed by atoms with Gasteiger partial charge in [-0.2, -0.15) is 0 Å². The second-order valence-corrected chi connectivity index (χ2v) is 4.53. The summed E-state index contributed by atoms with van der Waals surface area (Å²) in [5.74, 6) is 0.871. The van der Waals surface area contributed by atoms with E-state index < -0.39 is 0 Å². The highest BCUT2D eigenvalue weighted by Crippen LogP contribution is 2.05. The number of carbonyl (C=O) groups excluding carboxylic acids is 1. The molecule has 0 heterocycles. The van der Waals surface area contributed by atoms with E-state index >= 15 is 0 Å². The van der Waals surface area contributed by atoms with Crippen molar-refractivity contribution in [1.82, 2.24) is 4.90 Å². The highest BCUT2D eigenvalue weighted by atomic mass is 16.2. The van der Waals surface area contributed by atoms with Gasteiger partial charge in [0, 0.05) is 26.1 Å². The third-order valence-corrected chi connectivity index (χ3v) is 2.20. The van der Waals surface area contributed by atoms with Crippen molar-refractivity contribution < 1.29 is 4.79 Å². The molecule has 0 radical (unpaired) electrons. The highest BCUT2D eigenvalue weighted by Gasteiger charge is 2.10. The number of nitrogens with zero attached hydrogens (tertiary/aromatic N) is 1. The number of hydrogen-bond donors (Lipinski definition) is 1. The second kappa shape index (κ2) is 6.82. The van der Waals surface area contributed by atoms with Crippen molar-refractivity contribution in [3.05, 3.63) is 0 Å². The first-order valence-corrected chi connectivity index (χ1v) is 5.43. The Morgan fingerprint density at radius 3 is 2.36 bits per heavy atom. The summed E-state index contributed by atoms with van der Waals surface area (Å²) in [5, 5.41) is 0. The molecule has 14 heavy (non-hydrogen) atoms. The number of amides is 1. The summed E-state index contributed by atoms with van der Waals surface area (Å²) < 4.78 is 0. The van der Waals surface area contributed by atoms with Crippen molar-refractivity contribution in [2.75, 3.05) is 13.6 Å². The van der Waals surface area contributed by atoms with E-state index in [1.807, 2.05) is 14.0 Å². The molecule has 2 N–H and O–H groups in total. The monoisotopic (exact) mass is 200 g/mol. The third kappa shape index (κ3) is 6.89. The summed E-state index contributed by atoms with van der Waals surface area (Å²) in [6.45, 7) is 7.11. The van der Waals surface area contributed by atoms with E-state index in [1.165, 1.54) is 6.42 Å². The minimum absolute atomic E-state index is 0.0324. The first-order chi connectivity index (χ1) is 6.43. The van der Waals surface area contributed by atoms with Gasteiger partial charge in [-0.25, -0.2) is 0 Å². The minimum atomic E-state index is -0.0324. The van der Waals surface area contributed by atoms with Gasteiger partial charge in [-0.05, 0) is 25.7 Å². The molecule has 0 rings (SSSR count). The highest BCUT2D eigenvalue weighted by molar-refractivity contribution is 5.76. The lowest BCUT2D eigenvalue weighted by Crippen LogP contribution is -2.32. The van der Waals surface area contributed by atoms with Crippen LogP contribution in [0.1, 0.15) is 40.0 Å². The topological polar surface area (TPSA) is 46.3 Å². The number of nitrogens with two attached hydrogens (primary N) is 1. The van der Waals surface area contributed by atoms with E-state index in [9.17, 15) is 4.79 Å². The Bertz CT molecular complexity index is 167. The Balaban J connectivity index is 3.62. The van der Waals surface area contributed by atoms with Gasteiger partial charge in [0.1, 0.15) is 0 Å². The molecule has 0 aromatic carbocycles. The van der Waals surface area contributed by atoms with Crippen LogP contribution in [0.2, 0.25) is 0 Å². The zero-order chi connectivity index (χ0) is 11.1. The summed E-state index contributed by atoms with van der Waals surface area (Å²) in [4.78, 5) is 13.3. The lowest BCUT2D eigenvalue weighted by molar-refractivity contribution is -0.130. The van der Waals surface area contributed by atoms with Crippen LogP contribution in [0, 0.1) is 5.92 Å². The Labute approximate surface area is 87.6 Å². The Morgan fingerprint density at radius 1 is 1.36 bits per heavy atom. The molecule has 1 amide bonds. The van der Waals surface area contributed by atoms with Crippen LogP contribution in [0.15, 0.2) is 0 Å². The van der Waals surface area contributed by atoms with E-state index in [0.717, 1.165) is 13.0 Å². The van der Waals surface area contributed by atoms with Crippen LogP contribution in [0.3, 0.4) is 0 Å². The van der Waals surface area contributed by atoms with Crippen LogP contribution < -0.4 is 5.73 Å². The van der Waals surface area contributed by atoms with E-state index in [4.69, 9.17) is 5.73 Å². The molecule has 0 aliphatic heterocycles. The molecule has 0 aliphatic rings. The number of carbonyl (C=O) groups is 1. The third-order valence-electron chi connectivity index (χ3n) is 2.20. The Hall–Kier alpha value is -0.570. The van der Waals surface area contributed by atoms with Gasteiger partial charge in [0.25, 0.3) is 0 Å². The molecule has 0 bridgehead atoms. The molecule has 3 nitrogen and oxygen atoms in total. The molecular weight excluding hydrogens is 176 g/mol. The fraction of sp³-hybridized carbons (Fsp3) is 0.909. The molecule has 0 aliphatic carbocycles. The average Bonchev–Trinajstić information content (AvgIpc) is 2.01. The van der Waals surface area contributed by atoms with Crippen molar-refractivity contribution in [2.24, 2.45) is 11.7 Å². The standard InChI is InChI=1S/C11H24N2O/c1-9(2)6-5-7-13(4)11(14)8-10(3)12/h9-10H,5-8,12H2,1-4H3. The molecule has 0 aromatic heterocycles. The predicted octanol–water partition coefficient (Wildman–Crippen LogP) is 1.62. The molecular formula is C11H24N2O. The summed E-state index contributed by atoms with van der Waals surface area (Å²) in [7, 11) is 1.85. The fourth-order valence-electron chi connectivity index (χ4n) is 1.29. The maximum Gasteiger partial charge on any atom is 0.223 e. The molecule has 1 unspecified atom stereocenters. The van der Waals surface area contributed by atoms with E-state index in [-0.39, 0.29) is 11.9 Å². The Morgan fingerprint density at radius 2 is 1.93 bits per heavy atom. The van der Waals surface area contributed by atoms with E-state index in [2.05, 4.69) is 13.8 Å². The molecule has 0 saturated carbocycles. The lowest BCUT2D eigenvalue weighted by atomic mass is 10.1. The van der Waals surface area contributed by atoms with Crippen molar-refractivity contribution in [3.63, 3.8) is 0 Å². The van der Waals surface area contributed by atoms with Crippen molar-refractivity contribution in [3.8, 4) is 0 Å². The first kappa shape index (κ1) is 13.4.